The Balaban J connectivity index is 1.42. The number of carbonyl (C=O) groups excluding carboxylic acids is 1. The van der Waals surface area contributed by atoms with Gasteiger partial charge in [0.25, 0.3) is 5.91 Å². The van der Waals surface area contributed by atoms with Gasteiger partial charge in [0.15, 0.2) is 0 Å². The minimum atomic E-state index is -0.162. The largest absolute Gasteiger partial charge is 0.379 e. The summed E-state index contributed by atoms with van der Waals surface area (Å²) in [4.78, 5) is 17.0. The topological polar surface area (TPSA) is 60.5 Å². The summed E-state index contributed by atoms with van der Waals surface area (Å²) in [6.07, 6.45) is 2.32. The standard InChI is InChI=1S/C22H22N2O3/c25-22(18-8-9-19-17(13-18)7-4-11-23-19)24-20-10-12-26-15-21(20)27-14-16-5-2-1-3-6-16/h1-9,11,13,20-21H,10,12,14-15H2,(H,24,25). The van der Waals surface area contributed by atoms with Gasteiger partial charge in [-0.1, -0.05) is 36.4 Å². The number of hydrogen-bond acceptors (Lipinski definition) is 4. The van der Waals surface area contributed by atoms with E-state index in [4.69, 9.17) is 9.47 Å². The smallest absolute Gasteiger partial charge is 0.251 e. The van der Waals surface area contributed by atoms with Crippen molar-refractivity contribution in [3.05, 3.63) is 78.0 Å². The van der Waals surface area contributed by atoms with Gasteiger partial charge in [0.05, 0.1) is 24.8 Å². The Kier molecular flexibility index (Phi) is 5.42. The molecule has 4 rings (SSSR count). The second kappa shape index (κ2) is 8.29. The van der Waals surface area contributed by atoms with Crippen molar-refractivity contribution in [2.75, 3.05) is 13.2 Å². The van der Waals surface area contributed by atoms with Crippen LogP contribution in [0.2, 0.25) is 0 Å². The number of amides is 1. The highest BCUT2D eigenvalue weighted by molar-refractivity contribution is 5.98. The molecule has 2 atom stereocenters. The van der Waals surface area contributed by atoms with Crippen molar-refractivity contribution in [2.45, 2.75) is 25.2 Å². The first-order chi connectivity index (χ1) is 13.3. The highest BCUT2D eigenvalue weighted by atomic mass is 16.5. The zero-order valence-electron chi connectivity index (χ0n) is 15.0. The third-order valence-corrected chi connectivity index (χ3v) is 4.79. The molecule has 5 heteroatoms. The van der Waals surface area contributed by atoms with Gasteiger partial charge < -0.3 is 14.8 Å². The van der Waals surface area contributed by atoms with Crippen molar-refractivity contribution in [3.63, 3.8) is 0 Å². The maximum Gasteiger partial charge on any atom is 0.251 e. The number of hydrogen-bond donors (Lipinski definition) is 1. The predicted molar refractivity (Wildman–Crippen MR) is 103 cm³/mol. The number of fused-ring (bicyclic) bond motifs is 1. The van der Waals surface area contributed by atoms with Gasteiger partial charge in [-0.25, -0.2) is 0 Å². The molecule has 0 radical (unpaired) electrons. The van der Waals surface area contributed by atoms with Crippen molar-refractivity contribution in [3.8, 4) is 0 Å². The number of nitrogens with one attached hydrogen (secondary N) is 1. The molecule has 3 aromatic rings. The van der Waals surface area contributed by atoms with Crippen molar-refractivity contribution >= 4 is 16.8 Å². The molecule has 2 aromatic carbocycles. The molecular formula is C22H22N2O3. The quantitative estimate of drug-likeness (QED) is 0.756. The molecule has 1 saturated heterocycles. The molecular weight excluding hydrogens is 340 g/mol. The van der Waals surface area contributed by atoms with Gasteiger partial charge in [-0.05, 0) is 36.2 Å². The SMILES string of the molecule is O=C(NC1CCOCC1OCc1ccccc1)c1ccc2ncccc2c1. The third-order valence-electron chi connectivity index (χ3n) is 4.79. The van der Waals surface area contributed by atoms with Crippen LogP contribution in [0.1, 0.15) is 22.3 Å². The van der Waals surface area contributed by atoms with Crippen LogP contribution >= 0.6 is 0 Å². The number of aromatic nitrogens is 1. The van der Waals surface area contributed by atoms with E-state index in [9.17, 15) is 4.79 Å². The number of pyridine rings is 1. The highest BCUT2D eigenvalue weighted by Gasteiger charge is 2.28. The Labute approximate surface area is 158 Å². The summed E-state index contributed by atoms with van der Waals surface area (Å²) < 4.78 is 11.6. The van der Waals surface area contributed by atoms with Gasteiger partial charge in [0.2, 0.25) is 0 Å². The van der Waals surface area contributed by atoms with Crippen LogP contribution in [0.4, 0.5) is 0 Å². The average Bonchev–Trinajstić information content (AvgIpc) is 2.73. The van der Waals surface area contributed by atoms with Crippen LogP contribution in [0.3, 0.4) is 0 Å². The van der Waals surface area contributed by atoms with Gasteiger partial charge in [0.1, 0.15) is 6.10 Å². The van der Waals surface area contributed by atoms with Gasteiger partial charge in [0, 0.05) is 23.8 Å². The summed E-state index contributed by atoms with van der Waals surface area (Å²) in [5, 5.41) is 4.07. The van der Waals surface area contributed by atoms with Gasteiger partial charge >= 0.3 is 0 Å². The van der Waals surface area contributed by atoms with E-state index in [-0.39, 0.29) is 18.1 Å². The molecule has 0 spiro atoms. The molecule has 1 amide bonds. The van der Waals surface area contributed by atoms with Crippen molar-refractivity contribution in [1.82, 2.24) is 10.3 Å². The Bertz CT molecular complexity index is 914. The molecule has 0 saturated carbocycles. The molecule has 27 heavy (non-hydrogen) atoms. The van der Waals surface area contributed by atoms with E-state index in [0.29, 0.717) is 25.4 Å². The van der Waals surface area contributed by atoms with Crippen molar-refractivity contribution < 1.29 is 14.3 Å². The molecule has 138 valence electrons. The first-order valence-electron chi connectivity index (χ1n) is 9.18. The molecule has 1 aromatic heterocycles. The summed E-state index contributed by atoms with van der Waals surface area (Å²) in [6.45, 7) is 1.61. The van der Waals surface area contributed by atoms with E-state index >= 15 is 0 Å². The van der Waals surface area contributed by atoms with Crippen LogP contribution in [-0.4, -0.2) is 36.3 Å². The Morgan fingerprint density at radius 3 is 2.93 bits per heavy atom. The lowest BCUT2D eigenvalue weighted by atomic mass is 10.0. The first-order valence-corrected chi connectivity index (χ1v) is 9.18. The molecule has 1 aliphatic heterocycles. The molecule has 1 aliphatic rings. The third kappa shape index (κ3) is 4.32. The van der Waals surface area contributed by atoms with Gasteiger partial charge in [-0.3, -0.25) is 9.78 Å². The molecule has 0 bridgehead atoms. The number of ether oxygens (including phenoxy) is 2. The van der Waals surface area contributed by atoms with Crippen molar-refractivity contribution in [1.29, 1.82) is 0 Å². The zero-order chi connectivity index (χ0) is 18.5. The second-order valence-corrected chi connectivity index (χ2v) is 6.69. The minimum Gasteiger partial charge on any atom is -0.379 e. The van der Waals surface area contributed by atoms with E-state index < -0.39 is 0 Å². The first kappa shape index (κ1) is 17.6. The molecule has 2 heterocycles. The predicted octanol–water partition coefficient (Wildman–Crippen LogP) is 3.34. The second-order valence-electron chi connectivity index (χ2n) is 6.69. The van der Waals surface area contributed by atoms with Crippen LogP contribution in [0.15, 0.2) is 66.9 Å². The average molecular weight is 362 g/mol. The number of benzene rings is 2. The van der Waals surface area contributed by atoms with Crippen LogP contribution in [0.5, 0.6) is 0 Å². The summed E-state index contributed by atoms with van der Waals surface area (Å²) >= 11 is 0. The fraction of sp³-hybridized carbons (Fsp3) is 0.273. The van der Waals surface area contributed by atoms with Gasteiger partial charge in [-0.15, -0.1) is 0 Å². The maximum atomic E-state index is 12.7. The molecule has 2 unspecified atom stereocenters. The zero-order valence-corrected chi connectivity index (χ0v) is 15.0. The summed E-state index contributed by atoms with van der Waals surface area (Å²) in [6, 6.07) is 19.3. The lowest BCUT2D eigenvalue weighted by Gasteiger charge is -2.32. The normalized spacial score (nSPS) is 19.7. The van der Waals surface area contributed by atoms with E-state index in [1.165, 1.54) is 0 Å². The maximum absolute atomic E-state index is 12.7. The van der Waals surface area contributed by atoms with Crippen molar-refractivity contribution in [2.24, 2.45) is 0 Å². The van der Waals surface area contributed by atoms with Crippen LogP contribution < -0.4 is 5.32 Å². The fourth-order valence-electron chi connectivity index (χ4n) is 3.29. The lowest BCUT2D eigenvalue weighted by molar-refractivity contribution is -0.0736. The highest BCUT2D eigenvalue weighted by Crippen LogP contribution is 2.17. The van der Waals surface area contributed by atoms with E-state index in [1.807, 2.05) is 60.7 Å². The molecule has 5 nitrogen and oxygen atoms in total. The Morgan fingerprint density at radius 2 is 2.04 bits per heavy atom. The van der Waals surface area contributed by atoms with Crippen LogP contribution in [0.25, 0.3) is 10.9 Å². The fourth-order valence-corrected chi connectivity index (χ4v) is 3.29. The van der Waals surface area contributed by atoms with Gasteiger partial charge in [-0.2, -0.15) is 0 Å². The molecule has 1 fully saturated rings. The number of nitrogens with zero attached hydrogens (tertiary/aromatic N) is 1. The summed E-state index contributed by atoms with van der Waals surface area (Å²) in [5.41, 5.74) is 2.61. The van der Waals surface area contributed by atoms with Crippen LogP contribution in [0, 0.1) is 0 Å². The van der Waals surface area contributed by atoms with E-state index in [2.05, 4.69) is 10.3 Å². The van der Waals surface area contributed by atoms with E-state index in [1.54, 1.807) is 6.20 Å². The Morgan fingerprint density at radius 1 is 1.15 bits per heavy atom. The monoisotopic (exact) mass is 362 g/mol. The number of rotatable bonds is 5. The lowest BCUT2D eigenvalue weighted by Crippen LogP contribution is -2.49. The summed E-state index contributed by atoms with van der Waals surface area (Å²) in [5.74, 6) is -0.0963. The minimum absolute atomic E-state index is 0.0699. The van der Waals surface area contributed by atoms with E-state index in [0.717, 1.165) is 22.9 Å². The van der Waals surface area contributed by atoms with Crippen LogP contribution in [-0.2, 0) is 16.1 Å². The molecule has 0 aliphatic carbocycles. The Hall–Kier alpha value is -2.76. The number of carbonyl (C=O) groups is 1. The summed E-state index contributed by atoms with van der Waals surface area (Å²) in [7, 11) is 0. The molecule has 1 N–H and O–H groups in total.